The summed E-state index contributed by atoms with van der Waals surface area (Å²) in [5.74, 6) is -0.735. The Bertz CT molecular complexity index is 297. The van der Waals surface area contributed by atoms with Gasteiger partial charge in [-0.2, -0.15) is 12.6 Å². The Morgan fingerprint density at radius 2 is 2.23 bits per heavy atom. The fourth-order valence-corrected chi connectivity index (χ4v) is 0.714. The number of carbonyl (C=O) groups is 2. The lowest BCUT2D eigenvalue weighted by atomic mass is 10.4. The van der Waals surface area contributed by atoms with Crippen LogP contribution < -0.4 is 10.9 Å². The average molecular weight is 200 g/mol. The zero-order valence-corrected chi connectivity index (χ0v) is 7.51. The molecule has 70 valence electrons. The van der Waals surface area contributed by atoms with Crippen LogP contribution in [0, 0.1) is 0 Å². The highest BCUT2D eigenvalue weighted by atomic mass is 32.1. The van der Waals surface area contributed by atoms with Crippen molar-refractivity contribution in [3.8, 4) is 0 Å². The van der Waals surface area contributed by atoms with Gasteiger partial charge in [0.1, 0.15) is 0 Å². The highest BCUT2D eigenvalue weighted by Gasteiger charge is 2.07. The van der Waals surface area contributed by atoms with Crippen molar-refractivity contribution < 1.29 is 14.0 Å². The first kappa shape index (κ1) is 9.66. The van der Waals surface area contributed by atoms with Crippen LogP contribution in [-0.2, 0) is 4.79 Å². The molecule has 0 spiro atoms. The Morgan fingerprint density at radius 1 is 1.46 bits per heavy atom. The van der Waals surface area contributed by atoms with Crippen LogP contribution in [0.3, 0.4) is 0 Å². The van der Waals surface area contributed by atoms with E-state index < -0.39 is 5.91 Å². The normalized spacial score (nSPS) is 9.31. The van der Waals surface area contributed by atoms with E-state index >= 15 is 0 Å². The number of carbonyl (C=O) groups excluding carboxylic acids is 2. The molecule has 0 atom stereocenters. The molecule has 0 radical (unpaired) electrons. The first-order valence-corrected chi connectivity index (χ1v) is 4.11. The molecule has 2 N–H and O–H groups in total. The second-order valence-corrected chi connectivity index (χ2v) is 2.45. The van der Waals surface area contributed by atoms with Gasteiger partial charge in [0.15, 0.2) is 5.76 Å². The van der Waals surface area contributed by atoms with Crippen molar-refractivity contribution >= 4 is 24.4 Å². The Hall–Kier alpha value is -1.43. The molecule has 13 heavy (non-hydrogen) atoms. The minimum Gasteiger partial charge on any atom is -0.459 e. The maximum atomic E-state index is 11.1. The van der Waals surface area contributed by atoms with E-state index in [0.29, 0.717) is 0 Å². The third-order valence-electron chi connectivity index (χ3n) is 1.20. The summed E-state index contributed by atoms with van der Waals surface area (Å²) in [4.78, 5) is 21.7. The average Bonchev–Trinajstić information content (AvgIpc) is 2.66. The number of hydrazine groups is 1. The van der Waals surface area contributed by atoms with Gasteiger partial charge in [-0.25, -0.2) is 0 Å². The minimum atomic E-state index is -0.500. The van der Waals surface area contributed by atoms with Crippen molar-refractivity contribution in [1.82, 2.24) is 10.9 Å². The molecule has 0 aromatic carbocycles. The zero-order chi connectivity index (χ0) is 9.68. The van der Waals surface area contributed by atoms with Gasteiger partial charge in [0.05, 0.1) is 12.0 Å². The molecule has 1 aromatic heterocycles. The summed E-state index contributed by atoms with van der Waals surface area (Å²) in [5.41, 5.74) is 4.30. The zero-order valence-electron chi connectivity index (χ0n) is 6.61. The van der Waals surface area contributed by atoms with Crippen LogP contribution in [0.5, 0.6) is 0 Å². The summed E-state index contributed by atoms with van der Waals surface area (Å²) in [7, 11) is 0. The number of furan rings is 1. The monoisotopic (exact) mass is 200 g/mol. The highest BCUT2D eigenvalue weighted by Crippen LogP contribution is 1.97. The smallest absolute Gasteiger partial charge is 0.305 e. The number of hydrogen-bond acceptors (Lipinski definition) is 4. The molecule has 6 heteroatoms. The van der Waals surface area contributed by atoms with Gasteiger partial charge in [-0.3, -0.25) is 20.4 Å². The fourth-order valence-electron chi connectivity index (χ4n) is 0.635. The molecule has 0 saturated heterocycles. The number of thiol groups is 1. The van der Waals surface area contributed by atoms with E-state index in [9.17, 15) is 9.59 Å². The fraction of sp³-hybridized carbons (Fsp3) is 0.143. The predicted molar refractivity (Wildman–Crippen MR) is 48.2 cm³/mol. The predicted octanol–water partition coefficient (Wildman–Crippen LogP) is -0.0296. The molecular formula is C7H8N2O3S. The van der Waals surface area contributed by atoms with E-state index in [1.165, 1.54) is 12.3 Å². The van der Waals surface area contributed by atoms with Crippen molar-refractivity contribution in [2.75, 3.05) is 5.75 Å². The van der Waals surface area contributed by atoms with Gasteiger partial charge in [-0.1, -0.05) is 0 Å². The molecule has 1 heterocycles. The molecule has 0 unspecified atom stereocenters. The standard InChI is InChI=1S/C7H8N2O3S/c10-6(4-13)8-9-7(11)5-2-1-3-12-5/h1-3,13H,4H2,(H,8,10)(H,9,11). The highest BCUT2D eigenvalue weighted by molar-refractivity contribution is 7.81. The Kier molecular flexibility index (Phi) is 3.39. The third-order valence-corrected chi connectivity index (χ3v) is 1.49. The summed E-state index contributed by atoms with van der Waals surface area (Å²) >= 11 is 3.71. The summed E-state index contributed by atoms with van der Waals surface area (Å²) in [6.07, 6.45) is 1.37. The van der Waals surface area contributed by atoms with E-state index in [1.807, 2.05) is 0 Å². The maximum Gasteiger partial charge on any atom is 0.305 e. The van der Waals surface area contributed by atoms with Gasteiger partial charge in [0.2, 0.25) is 5.91 Å². The molecule has 0 aliphatic heterocycles. The molecule has 0 bridgehead atoms. The Labute approximate surface area is 79.9 Å². The van der Waals surface area contributed by atoms with Crippen LogP contribution in [0.15, 0.2) is 22.8 Å². The number of hydrogen-bond donors (Lipinski definition) is 3. The first-order chi connectivity index (χ1) is 6.24. The van der Waals surface area contributed by atoms with Crippen molar-refractivity contribution in [3.05, 3.63) is 24.2 Å². The van der Waals surface area contributed by atoms with Crippen molar-refractivity contribution in [2.24, 2.45) is 0 Å². The van der Waals surface area contributed by atoms with E-state index in [4.69, 9.17) is 4.42 Å². The summed E-state index contributed by atoms with van der Waals surface area (Å²) in [5, 5.41) is 0. The van der Waals surface area contributed by atoms with E-state index in [0.717, 1.165) is 0 Å². The van der Waals surface area contributed by atoms with Crippen LogP contribution in [-0.4, -0.2) is 17.6 Å². The van der Waals surface area contributed by atoms with E-state index in [1.54, 1.807) is 6.07 Å². The molecule has 0 aliphatic rings. The van der Waals surface area contributed by atoms with Crippen LogP contribution in [0.2, 0.25) is 0 Å². The SMILES string of the molecule is O=C(CS)NNC(=O)c1ccco1. The van der Waals surface area contributed by atoms with E-state index in [-0.39, 0.29) is 17.4 Å². The molecule has 5 nitrogen and oxygen atoms in total. The van der Waals surface area contributed by atoms with Crippen LogP contribution in [0.25, 0.3) is 0 Å². The van der Waals surface area contributed by atoms with Crippen LogP contribution in [0.4, 0.5) is 0 Å². The quantitative estimate of drug-likeness (QED) is 0.463. The van der Waals surface area contributed by atoms with Gasteiger partial charge in [-0.05, 0) is 12.1 Å². The Balaban J connectivity index is 2.39. The lowest BCUT2D eigenvalue weighted by molar-refractivity contribution is -0.119. The van der Waals surface area contributed by atoms with Gasteiger partial charge >= 0.3 is 5.91 Å². The first-order valence-electron chi connectivity index (χ1n) is 3.47. The van der Waals surface area contributed by atoms with Crippen LogP contribution >= 0.6 is 12.6 Å². The second-order valence-electron chi connectivity index (χ2n) is 2.14. The number of nitrogens with one attached hydrogen (secondary N) is 2. The van der Waals surface area contributed by atoms with Gasteiger partial charge < -0.3 is 4.42 Å². The molecule has 1 aromatic rings. The number of amides is 2. The van der Waals surface area contributed by atoms with Crippen molar-refractivity contribution in [1.29, 1.82) is 0 Å². The minimum absolute atomic E-state index is 0.0123. The van der Waals surface area contributed by atoms with Crippen molar-refractivity contribution in [2.45, 2.75) is 0 Å². The van der Waals surface area contributed by atoms with Crippen LogP contribution in [0.1, 0.15) is 10.6 Å². The molecule has 2 amide bonds. The van der Waals surface area contributed by atoms with E-state index in [2.05, 4.69) is 23.5 Å². The van der Waals surface area contributed by atoms with Gasteiger partial charge in [0, 0.05) is 0 Å². The molecule has 1 rings (SSSR count). The third kappa shape index (κ3) is 2.83. The maximum absolute atomic E-state index is 11.1. The summed E-state index contributed by atoms with van der Waals surface area (Å²) in [6, 6.07) is 3.07. The van der Waals surface area contributed by atoms with Gasteiger partial charge in [-0.15, -0.1) is 0 Å². The lowest BCUT2D eigenvalue weighted by Gasteiger charge is -2.02. The summed E-state index contributed by atoms with van der Waals surface area (Å²) in [6.45, 7) is 0. The Morgan fingerprint density at radius 3 is 2.77 bits per heavy atom. The second kappa shape index (κ2) is 4.56. The number of rotatable bonds is 2. The topological polar surface area (TPSA) is 71.3 Å². The molecule has 0 aliphatic carbocycles. The largest absolute Gasteiger partial charge is 0.459 e. The lowest BCUT2D eigenvalue weighted by Crippen LogP contribution is -2.42. The molecule has 0 saturated carbocycles. The molecule has 0 fully saturated rings. The molecular weight excluding hydrogens is 192 g/mol. The van der Waals surface area contributed by atoms with Crippen molar-refractivity contribution in [3.63, 3.8) is 0 Å². The van der Waals surface area contributed by atoms with Gasteiger partial charge in [0.25, 0.3) is 0 Å². The summed E-state index contributed by atoms with van der Waals surface area (Å²) < 4.78 is 4.78.